The summed E-state index contributed by atoms with van der Waals surface area (Å²) in [4.78, 5) is 14.3. The number of Topliss-reactive ketones (excluding diaryl/α,β-unsaturated/α-hetero) is 1. The topological polar surface area (TPSA) is 49.3 Å². The molecular formula is C22H15NO2S. The molecule has 2 N–H and O–H groups in total. The highest BCUT2D eigenvalue weighted by molar-refractivity contribution is 8.00. The molecule has 0 aromatic heterocycles. The molecule has 0 bridgehead atoms. The van der Waals surface area contributed by atoms with Crippen LogP contribution in [0.5, 0.6) is 5.75 Å². The molecule has 126 valence electrons. The van der Waals surface area contributed by atoms with Crippen molar-refractivity contribution in [3.63, 3.8) is 0 Å². The minimum Gasteiger partial charge on any atom is -0.508 e. The Morgan fingerprint density at radius 3 is 2.50 bits per heavy atom. The van der Waals surface area contributed by atoms with Crippen LogP contribution in [0.1, 0.15) is 26.7 Å². The third-order valence-electron chi connectivity index (χ3n) is 4.78. The van der Waals surface area contributed by atoms with Gasteiger partial charge in [0.25, 0.3) is 0 Å². The first-order valence-corrected chi connectivity index (χ1v) is 9.30. The van der Waals surface area contributed by atoms with E-state index in [4.69, 9.17) is 0 Å². The Morgan fingerprint density at radius 2 is 1.65 bits per heavy atom. The van der Waals surface area contributed by atoms with Crippen LogP contribution in [-0.4, -0.2) is 10.9 Å². The lowest BCUT2D eigenvalue weighted by atomic mass is 10.0. The fourth-order valence-corrected chi connectivity index (χ4v) is 4.89. The van der Waals surface area contributed by atoms with Gasteiger partial charge >= 0.3 is 0 Å². The first-order chi connectivity index (χ1) is 12.7. The number of benzene rings is 3. The van der Waals surface area contributed by atoms with Crippen molar-refractivity contribution in [1.82, 2.24) is 0 Å². The maximum atomic E-state index is 13.2. The Balaban J connectivity index is 1.76. The zero-order chi connectivity index (χ0) is 17.7. The van der Waals surface area contributed by atoms with Gasteiger partial charge in [0.05, 0.1) is 16.6 Å². The highest BCUT2D eigenvalue weighted by Crippen LogP contribution is 2.52. The quantitative estimate of drug-likeness (QED) is 0.624. The van der Waals surface area contributed by atoms with Gasteiger partial charge in [-0.15, -0.1) is 11.8 Å². The Hall–Kier alpha value is -2.98. The van der Waals surface area contributed by atoms with Gasteiger partial charge in [0.15, 0.2) is 5.78 Å². The fourth-order valence-electron chi connectivity index (χ4n) is 3.60. The van der Waals surface area contributed by atoms with E-state index in [0.29, 0.717) is 0 Å². The fraction of sp³-hybridized carbons (Fsp3) is 0.0455. The van der Waals surface area contributed by atoms with Crippen LogP contribution in [0.3, 0.4) is 0 Å². The molecule has 3 aromatic carbocycles. The zero-order valence-corrected chi connectivity index (χ0v) is 14.6. The molecule has 0 spiro atoms. The molecule has 1 atom stereocenters. The number of rotatable bonds is 1. The second-order valence-corrected chi connectivity index (χ2v) is 7.52. The first kappa shape index (κ1) is 15.3. The average Bonchev–Trinajstić information content (AvgIpc) is 2.83. The number of anilines is 1. The molecule has 26 heavy (non-hydrogen) atoms. The van der Waals surface area contributed by atoms with Crippen LogP contribution in [-0.2, 0) is 0 Å². The molecule has 3 nitrogen and oxygen atoms in total. The summed E-state index contributed by atoms with van der Waals surface area (Å²) in [5.41, 5.74) is 5.21. The van der Waals surface area contributed by atoms with E-state index < -0.39 is 0 Å². The van der Waals surface area contributed by atoms with E-state index in [-0.39, 0.29) is 16.8 Å². The Kier molecular flexibility index (Phi) is 3.40. The van der Waals surface area contributed by atoms with Crippen LogP contribution in [0.15, 0.2) is 83.3 Å². The van der Waals surface area contributed by atoms with Crippen LogP contribution >= 0.6 is 11.8 Å². The second kappa shape index (κ2) is 5.78. The van der Waals surface area contributed by atoms with Crippen molar-refractivity contribution in [2.24, 2.45) is 0 Å². The van der Waals surface area contributed by atoms with E-state index in [2.05, 4.69) is 11.4 Å². The Morgan fingerprint density at radius 1 is 0.885 bits per heavy atom. The molecule has 0 saturated carbocycles. The summed E-state index contributed by atoms with van der Waals surface area (Å²) in [6.45, 7) is 0. The van der Waals surface area contributed by atoms with E-state index in [1.807, 2.05) is 54.6 Å². The smallest absolute Gasteiger partial charge is 0.193 e. The molecule has 0 unspecified atom stereocenters. The zero-order valence-electron chi connectivity index (χ0n) is 13.8. The van der Waals surface area contributed by atoms with E-state index in [9.17, 15) is 9.90 Å². The third-order valence-corrected chi connectivity index (χ3v) is 6.14. The lowest BCUT2D eigenvalue weighted by molar-refractivity contribution is 0.103. The maximum absolute atomic E-state index is 13.2. The second-order valence-electron chi connectivity index (χ2n) is 6.38. The molecule has 0 fully saturated rings. The molecule has 1 heterocycles. The Labute approximate surface area is 155 Å². The van der Waals surface area contributed by atoms with Gasteiger partial charge in [-0.3, -0.25) is 4.79 Å². The normalized spacial score (nSPS) is 17.8. The lowest BCUT2D eigenvalue weighted by Crippen LogP contribution is -2.07. The molecule has 4 heteroatoms. The number of aromatic hydroxyl groups is 1. The largest absolute Gasteiger partial charge is 0.508 e. The highest BCUT2D eigenvalue weighted by atomic mass is 32.2. The molecular weight excluding hydrogens is 342 g/mol. The number of carbonyl (C=O) groups is 1. The van der Waals surface area contributed by atoms with Crippen LogP contribution in [0.4, 0.5) is 5.69 Å². The summed E-state index contributed by atoms with van der Waals surface area (Å²) >= 11 is 1.64. The maximum Gasteiger partial charge on any atom is 0.193 e. The first-order valence-electron chi connectivity index (χ1n) is 8.42. The molecule has 5 rings (SSSR count). The molecule has 3 aromatic rings. The van der Waals surface area contributed by atoms with E-state index in [0.717, 1.165) is 38.5 Å². The van der Waals surface area contributed by atoms with Crippen molar-refractivity contribution in [3.05, 3.63) is 95.1 Å². The lowest BCUT2D eigenvalue weighted by Gasteiger charge is -2.17. The van der Waals surface area contributed by atoms with Crippen LogP contribution in [0.25, 0.3) is 5.70 Å². The van der Waals surface area contributed by atoms with E-state index in [1.54, 1.807) is 23.9 Å². The van der Waals surface area contributed by atoms with Gasteiger partial charge in [0.1, 0.15) is 5.75 Å². The van der Waals surface area contributed by atoms with Gasteiger partial charge in [-0.1, -0.05) is 48.5 Å². The minimum atomic E-state index is -0.187. The predicted octanol–water partition coefficient (Wildman–Crippen LogP) is 5.26. The van der Waals surface area contributed by atoms with Gasteiger partial charge < -0.3 is 10.4 Å². The van der Waals surface area contributed by atoms with Crippen molar-refractivity contribution in [1.29, 1.82) is 0 Å². The average molecular weight is 357 g/mol. The molecule has 1 aliphatic heterocycles. The number of carbonyl (C=O) groups excluding carboxylic acids is 1. The van der Waals surface area contributed by atoms with Crippen LogP contribution in [0, 0.1) is 0 Å². The molecule has 0 amide bonds. The van der Waals surface area contributed by atoms with Crippen LogP contribution in [0.2, 0.25) is 0 Å². The van der Waals surface area contributed by atoms with Gasteiger partial charge in [-0.25, -0.2) is 0 Å². The monoisotopic (exact) mass is 357 g/mol. The van der Waals surface area contributed by atoms with Crippen molar-refractivity contribution >= 4 is 28.9 Å². The number of phenolic OH excluding ortho intramolecular Hbond substituents is 1. The highest BCUT2D eigenvalue weighted by Gasteiger charge is 2.38. The number of thioether (sulfide) groups is 1. The van der Waals surface area contributed by atoms with Gasteiger partial charge in [-0.2, -0.15) is 0 Å². The van der Waals surface area contributed by atoms with E-state index >= 15 is 0 Å². The van der Waals surface area contributed by atoms with Crippen molar-refractivity contribution in [2.45, 2.75) is 10.1 Å². The SMILES string of the molecule is O=C1C2=C(Nc3ccccc3S[C@H]2c2cccc(O)c2)c2ccccc21. The number of fused-ring (bicyclic) bond motifs is 3. The van der Waals surface area contributed by atoms with Gasteiger partial charge in [0, 0.05) is 21.6 Å². The summed E-state index contributed by atoms with van der Waals surface area (Å²) in [6, 6.07) is 23.0. The van der Waals surface area contributed by atoms with Crippen molar-refractivity contribution in [3.8, 4) is 5.75 Å². The van der Waals surface area contributed by atoms with Crippen molar-refractivity contribution < 1.29 is 9.90 Å². The molecule has 0 radical (unpaired) electrons. The number of ketones is 1. The molecule has 0 saturated heterocycles. The number of para-hydroxylation sites is 1. The summed E-state index contributed by atoms with van der Waals surface area (Å²) in [5, 5.41) is 13.3. The Bertz CT molecular complexity index is 1090. The molecule has 2 aliphatic rings. The van der Waals surface area contributed by atoms with Crippen molar-refractivity contribution in [2.75, 3.05) is 5.32 Å². The minimum absolute atomic E-state index is 0.0525. The standard InChI is InChI=1S/C22H15NO2S/c24-14-7-5-6-13(12-14)22-19-20(15-8-1-2-9-16(15)21(19)25)23-17-10-3-4-11-18(17)26-22/h1-12,22-24H/t22-/m0/s1. The van der Waals surface area contributed by atoms with Gasteiger partial charge in [0.2, 0.25) is 0 Å². The summed E-state index contributed by atoms with van der Waals surface area (Å²) in [7, 11) is 0. The van der Waals surface area contributed by atoms with E-state index in [1.165, 1.54) is 0 Å². The number of phenols is 1. The predicted molar refractivity (Wildman–Crippen MR) is 104 cm³/mol. The third kappa shape index (κ3) is 2.26. The van der Waals surface area contributed by atoms with Gasteiger partial charge in [-0.05, 0) is 29.8 Å². The summed E-state index contributed by atoms with van der Waals surface area (Å²) < 4.78 is 0. The number of nitrogens with one attached hydrogen (secondary N) is 1. The number of hydrogen-bond donors (Lipinski definition) is 2. The molecule has 1 aliphatic carbocycles. The summed E-state index contributed by atoms with van der Waals surface area (Å²) in [5.74, 6) is 0.260. The van der Waals surface area contributed by atoms with Crippen LogP contribution < -0.4 is 5.32 Å². The number of hydrogen-bond acceptors (Lipinski definition) is 4. The summed E-state index contributed by atoms with van der Waals surface area (Å²) in [6.07, 6.45) is 0.